The minimum atomic E-state index is 0.486. The van der Waals surface area contributed by atoms with Gasteiger partial charge in [-0.1, -0.05) is 0 Å². The number of rotatable bonds is 7. The summed E-state index contributed by atoms with van der Waals surface area (Å²) in [5.74, 6) is 2.79. The van der Waals surface area contributed by atoms with Crippen LogP contribution in [0.4, 0.5) is 17.6 Å². The zero-order valence-electron chi connectivity index (χ0n) is 12.9. The van der Waals surface area contributed by atoms with E-state index in [9.17, 15) is 0 Å². The molecule has 0 radical (unpaired) electrons. The van der Waals surface area contributed by atoms with Crippen LogP contribution < -0.4 is 10.6 Å². The summed E-state index contributed by atoms with van der Waals surface area (Å²) in [6, 6.07) is 3.86. The van der Waals surface area contributed by atoms with Gasteiger partial charge in [-0.2, -0.15) is 15.1 Å². The van der Waals surface area contributed by atoms with E-state index in [-0.39, 0.29) is 0 Å². The van der Waals surface area contributed by atoms with Gasteiger partial charge in [0.05, 0.1) is 17.7 Å². The van der Waals surface area contributed by atoms with Crippen molar-refractivity contribution in [2.24, 2.45) is 5.92 Å². The average molecular weight is 313 g/mol. The quantitative estimate of drug-likeness (QED) is 0.534. The molecule has 120 valence electrons. The predicted molar refractivity (Wildman–Crippen MR) is 87.7 cm³/mol. The van der Waals surface area contributed by atoms with Crippen molar-refractivity contribution in [2.75, 3.05) is 24.3 Å². The van der Waals surface area contributed by atoms with E-state index in [1.54, 1.807) is 7.11 Å². The lowest BCUT2D eigenvalue weighted by molar-refractivity contribution is 0.181. The van der Waals surface area contributed by atoms with E-state index in [2.05, 4.69) is 35.8 Å². The van der Waals surface area contributed by atoms with Gasteiger partial charge in [0.2, 0.25) is 5.95 Å². The van der Waals surface area contributed by atoms with Crippen LogP contribution in [0.15, 0.2) is 18.3 Å². The molecule has 3 heterocycles. The van der Waals surface area contributed by atoms with Gasteiger partial charge in [-0.3, -0.25) is 5.10 Å². The van der Waals surface area contributed by atoms with Gasteiger partial charge in [0.25, 0.3) is 0 Å². The largest absolute Gasteiger partial charge is 0.378 e. The molecule has 0 saturated heterocycles. The first kappa shape index (κ1) is 14.0. The van der Waals surface area contributed by atoms with Crippen molar-refractivity contribution in [1.29, 1.82) is 0 Å². The second kappa shape index (κ2) is 5.88. The van der Waals surface area contributed by atoms with Gasteiger partial charge in [0.15, 0.2) is 5.82 Å². The lowest BCUT2D eigenvalue weighted by Crippen LogP contribution is -2.07. The summed E-state index contributed by atoms with van der Waals surface area (Å²) in [7, 11) is 1.65. The van der Waals surface area contributed by atoms with Crippen LogP contribution >= 0.6 is 0 Å². The third-order valence-corrected chi connectivity index (χ3v) is 3.84. The monoisotopic (exact) mass is 313 g/mol. The van der Waals surface area contributed by atoms with Crippen molar-refractivity contribution >= 4 is 28.6 Å². The van der Waals surface area contributed by atoms with Gasteiger partial charge >= 0.3 is 0 Å². The smallest absolute Gasteiger partial charge is 0.232 e. The van der Waals surface area contributed by atoms with Crippen molar-refractivity contribution < 1.29 is 4.74 Å². The molecule has 3 aromatic rings. The number of hydrogen-bond donors (Lipinski definition) is 4. The fourth-order valence-corrected chi connectivity index (χ4v) is 2.46. The fourth-order valence-electron chi connectivity index (χ4n) is 2.46. The van der Waals surface area contributed by atoms with Gasteiger partial charge in [-0.15, -0.1) is 0 Å². The van der Waals surface area contributed by atoms with Crippen molar-refractivity contribution in [2.45, 2.75) is 19.4 Å². The van der Waals surface area contributed by atoms with Crippen molar-refractivity contribution in [1.82, 2.24) is 25.1 Å². The van der Waals surface area contributed by atoms with E-state index in [1.165, 1.54) is 12.8 Å². The van der Waals surface area contributed by atoms with E-state index in [0.29, 0.717) is 18.4 Å². The van der Waals surface area contributed by atoms with E-state index in [1.807, 2.05) is 18.3 Å². The fraction of sp³-hybridized carbons (Fsp3) is 0.400. The van der Waals surface area contributed by atoms with Gasteiger partial charge in [-0.05, 0) is 24.8 Å². The van der Waals surface area contributed by atoms with Crippen molar-refractivity contribution in [3.05, 3.63) is 24.0 Å². The van der Waals surface area contributed by atoms with Gasteiger partial charge in [-0.25, -0.2) is 0 Å². The van der Waals surface area contributed by atoms with Crippen LogP contribution in [-0.2, 0) is 11.3 Å². The summed E-state index contributed by atoms with van der Waals surface area (Å²) in [4.78, 5) is 12.2. The second-order valence-corrected chi connectivity index (χ2v) is 5.80. The van der Waals surface area contributed by atoms with E-state index in [0.717, 1.165) is 35.0 Å². The first-order chi connectivity index (χ1) is 11.3. The van der Waals surface area contributed by atoms with Crippen LogP contribution in [0.3, 0.4) is 0 Å². The summed E-state index contributed by atoms with van der Waals surface area (Å²) >= 11 is 0. The Labute approximate surface area is 133 Å². The normalized spacial score (nSPS) is 14.3. The van der Waals surface area contributed by atoms with Crippen LogP contribution in [0.2, 0.25) is 0 Å². The van der Waals surface area contributed by atoms with Crippen LogP contribution in [-0.4, -0.2) is 38.8 Å². The maximum atomic E-state index is 5.07. The van der Waals surface area contributed by atoms with Crippen molar-refractivity contribution in [3.8, 4) is 0 Å². The Morgan fingerprint density at radius 2 is 2.26 bits per heavy atom. The van der Waals surface area contributed by atoms with Crippen LogP contribution in [0.1, 0.15) is 18.5 Å². The molecule has 0 aromatic carbocycles. The molecule has 8 heteroatoms. The predicted octanol–water partition coefficient (Wildman–Crippen LogP) is 2.39. The zero-order chi connectivity index (χ0) is 15.6. The Balaban J connectivity index is 1.57. The van der Waals surface area contributed by atoms with Gasteiger partial charge < -0.3 is 20.4 Å². The average Bonchev–Trinajstić information content (AvgIpc) is 3.07. The molecule has 4 N–H and O–H groups in total. The molecule has 1 fully saturated rings. The van der Waals surface area contributed by atoms with Crippen LogP contribution in [0.5, 0.6) is 0 Å². The topological polar surface area (TPSA) is 104 Å². The highest BCUT2D eigenvalue weighted by atomic mass is 16.5. The number of methoxy groups -OCH3 is 1. The number of fused-ring (bicyclic) bond motifs is 1. The molecule has 0 bridgehead atoms. The summed E-state index contributed by atoms with van der Waals surface area (Å²) in [6.45, 7) is 1.44. The molecule has 8 nitrogen and oxygen atoms in total. The van der Waals surface area contributed by atoms with Crippen molar-refractivity contribution in [3.63, 3.8) is 0 Å². The number of aromatic nitrogens is 5. The van der Waals surface area contributed by atoms with Crippen LogP contribution in [0, 0.1) is 5.92 Å². The lowest BCUT2D eigenvalue weighted by Gasteiger charge is -2.08. The van der Waals surface area contributed by atoms with E-state index >= 15 is 0 Å². The number of H-pyrrole nitrogens is 2. The number of nitrogens with one attached hydrogen (secondary N) is 4. The molecule has 1 saturated carbocycles. The standard InChI is InChI=1S/C15H19N7O/c1-23-8-10-6-12(22-21-10)18-15-19-13-11(4-5-16-13)14(20-15)17-7-9-2-3-9/h4-6,9H,2-3,7-8H2,1H3,(H4,16,17,18,19,20,21,22). The Morgan fingerprint density at radius 3 is 3.09 bits per heavy atom. The number of hydrogen-bond acceptors (Lipinski definition) is 6. The molecule has 3 aromatic heterocycles. The summed E-state index contributed by atoms with van der Waals surface area (Å²) in [6.07, 6.45) is 4.47. The third kappa shape index (κ3) is 3.11. The number of nitrogens with zero attached hydrogens (tertiary/aromatic N) is 3. The Hall–Kier alpha value is -2.61. The third-order valence-electron chi connectivity index (χ3n) is 3.84. The molecule has 0 amide bonds. The first-order valence-corrected chi connectivity index (χ1v) is 7.71. The summed E-state index contributed by atoms with van der Waals surface area (Å²) in [5, 5.41) is 14.6. The highest BCUT2D eigenvalue weighted by molar-refractivity contribution is 5.88. The molecule has 1 aliphatic rings. The SMILES string of the molecule is COCc1cc(Nc2nc(NCC3CC3)c3cc[nH]c3n2)n[nH]1. The highest BCUT2D eigenvalue weighted by Crippen LogP contribution is 2.30. The number of ether oxygens (including phenoxy) is 1. The maximum Gasteiger partial charge on any atom is 0.232 e. The molecule has 0 unspecified atom stereocenters. The summed E-state index contributed by atoms with van der Waals surface area (Å²) in [5.41, 5.74) is 1.69. The minimum Gasteiger partial charge on any atom is -0.378 e. The molecule has 4 rings (SSSR count). The Morgan fingerprint density at radius 1 is 1.35 bits per heavy atom. The number of anilines is 3. The number of aromatic amines is 2. The van der Waals surface area contributed by atoms with Crippen LogP contribution in [0.25, 0.3) is 11.0 Å². The molecule has 1 aliphatic carbocycles. The molecule has 23 heavy (non-hydrogen) atoms. The van der Waals surface area contributed by atoms with Gasteiger partial charge in [0.1, 0.15) is 11.5 Å². The molecule has 0 spiro atoms. The molecular formula is C15H19N7O. The first-order valence-electron chi connectivity index (χ1n) is 7.71. The Bertz CT molecular complexity index is 805. The highest BCUT2D eigenvalue weighted by Gasteiger charge is 2.21. The Kier molecular flexibility index (Phi) is 3.58. The zero-order valence-corrected chi connectivity index (χ0v) is 12.9. The van der Waals surface area contributed by atoms with Gasteiger partial charge in [0, 0.05) is 25.9 Å². The van der Waals surface area contributed by atoms with E-state index < -0.39 is 0 Å². The molecule has 0 atom stereocenters. The second-order valence-electron chi connectivity index (χ2n) is 5.80. The maximum absolute atomic E-state index is 5.07. The summed E-state index contributed by atoms with van der Waals surface area (Å²) < 4.78 is 5.07. The lowest BCUT2D eigenvalue weighted by atomic mass is 10.3. The molecular weight excluding hydrogens is 294 g/mol. The minimum absolute atomic E-state index is 0.486. The van der Waals surface area contributed by atoms with E-state index in [4.69, 9.17) is 4.74 Å². The molecule has 0 aliphatic heterocycles.